The third-order valence-corrected chi connectivity index (χ3v) is 5.53. The van der Waals surface area contributed by atoms with Crippen molar-refractivity contribution in [1.29, 1.82) is 0 Å². The second-order valence-corrected chi connectivity index (χ2v) is 7.77. The summed E-state index contributed by atoms with van der Waals surface area (Å²) in [6.45, 7) is 3.73. The van der Waals surface area contributed by atoms with E-state index in [0.29, 0.717) is 11.5 Å². The number of nitrogens with one attached hydrogen (secondary N) is 1. The van der Waals surface area contributed by atoms with Crippen molar-refractivity contribution in [1.82, 2.24) is 25.0 Å². The van der Waals surface area contributed by atoms with Crippen LogP contribution in [-0.4, -0.2) is 57.2 Å². The number of nitrogens with two attached hydrogens (primary N) is 1. The summed E-state index contributed by atoms with van der Waals surface area (Å²) in [5, 5.41) is 8.48. The van der Waals surface area contributed by atoms with Gasteiger partial charge in [-0.2, -0.15) is 5.10 Å². The van der Waals surface area contributed by atoms with Crippen molar-refractivity contribution in [3.8, 4) is 0 Å². The molecule has 2 aliphatic rings. The molecule has 1 saturated carbocycles. The summed E-state index contributed by atoms with van der Waals surface area (Å²) in [6.07, 6.45) is 3.90. The van der Waals surface area contributed by atoms with E-state index in [1.54, 1.807) is 4.68 Å². The summed E-state index contributed by atoms with van der Waals surface area (Å²) in [6, 6.07) is 2.05. The maximum absolute atomic E-state index is 13.1. The first-order chi connectivity index (χ1) is 12.9. The SMILES string of the molecule is Cc1nn(C)c2nc(C3CC3)cc(C(=O)NC3CCN(CC(N)=O)CC3)c12. The molecule has 3 heterocycles. The lowest BCUT2D eigenvalue weighted by molar-refractivity contribution is -0.119. The maximum atomic E-state index is 13.1. The monoisotopic (exact) mass is 370 g/mol. The third kappa shape index (κ3) is 3.66. The minimum Gasteiger partial charge on any atom is -0.369 e. The van der Waals surface area contributed by atoms with Gasteiger partial charge in [0.15, 0.2) is 5.65 Å². The number of likely N-dealkylation sites (tertiary alicyclic amines) is 1. The zero-order chi connectivity index (χ0) is 19.1. The lowest BCUT2D eigenvalue weighted by atomic mass is 10.0. The Kier molecular flexibility index (Phi) is 4.59. The number of primary amides is 1. The maximum Gasteiger partial charge on any atom is 0.252 e. The molecule has 1 saturated heterocycles. The molecule has 8 heteroatoms. The van der Waals surface area contributed by atoms with Crippen LogP contribution in [0.15, 0.2) is 6.07 Å². The summed E-state index contributed by atoms with van der Waals surface area (Å²) in [5.74, 6) is 0.0956. The predicted molar refractivity (Wildman–Crippen MR) is 101 cm³/mol. The molecular formula is C19H26N6O2. The standard InChI is InChI=1S/C19H26N6O2/c1-11-17-14(9-15(12-3-4-12)22-18(17)24(2)23-11)19(27)21-13-5-7-25(8-6-13)10-16(20)26/h9,12-13H,3-8,10H2,1-2H3,(H2,20,26)(H,21,27). The van der Waals surface area contributed by atoms with Gasteiger partial charge in [0, 0.05) is 37.8 Å². The van der Waals surface area contributed by atoms with Crippen LogP contribution in [0.1, 0.15) is 53.3 Å². The summed E-state index contributed by atoms with van der Waals surface area (Å²) in [7, 11) is 1.87. The zero-order valence-electron chi connectivity index (χ0n) is 15.9. The number of hydrogen-bond donors (Lipinski definition) is 2. The van der Waals surface area contributed by atoms with Crippen LogP contribution in [-0.2, 0) is 11.8 Å². The zero-order valence-corrected chi connectivity index (χ0v) is 15.9. The highest BCUT2D eigenvalue weighted by Gasteiger charge is 2.29. The van der Waals surface area contributed by atoms with Crippen molar-refractivity contribution in [2.24, 2.45) is 12.8 Å². The first kappa shape index (κ1) is 17.9. The Labute approximate surface area is 158 Å². The number of fused-ring (bicyclic) bond motifs is 1. The molecule has 0 unspecified atom stereocenters. The van der Waals surface area contributed by atoms with Crippen LogP contribution in [0.4, 0.5) is 0 Å². The van der Waals surface area contributed by atoms with E-state index in [0.717, 1.165) is 61.2 Å². The van der Waals surface area contributed by atoms with Crippen molar-refractivity contribution >= 4 is 22.8 Å². The van der Waals surface area contributed by atoms with Crippen LogP contribution in [0.25, 0.3) is 11.0 Å². The number of pyridine rings is 1. The molecule has 0 atom stereocenters. The minimum atomic E-state index is -0.309. The van der Waals surface area contributed by atoms with Gasteiger partial charge in [-0.25, -0.2) is 4.98 Å². The number of aryl methyl sites for hydroxylation is 2. The van der Waals surface area contributed by atoms with Gasteiger partial charge in [-0.15, -0.1) is 0 Å². The molecular weight excluding hydrogens is 344 g/mol. The Morgan fingerprint density at radius 1 is 1.26 bits per heavy atom. The van der Waals surface area contributed by atoms with E-state index in [4.69, 9.17) is 10.7 Å². The van der Waals surface area contributed by atoms with Gasteiger partial charge in [0.25, 0.3) is 5.91 Å². The van der Waals surface area contributed by atoms with Crippen molar-refractivity contribution in [3.05, 3.63) is 23.0 Å². The van der Waals surface area contributed by atoms with Gasteiger partial charge in [0.1, 0.15) is 0 Å². The highest BCUT2D eigenvalue weighted by molar-refractivity contribution is 6.06. The summed E-state index contributed by atoms with van der Waals surface area (Å²) < 4.78 is 1.76. The molecule has 144 valence electrons. The smallest absolute Gasteiger partial charge is 0.252 e. The normalized spacial score (nSPS) is 18.7. The van der Waals surface area contributed by atoms with E-state index < -0.39 is 0 Å². The Morgan fingerprint density at radius 3 is 2.59 bits per heavy atom. The van der Waals surface area contributed by atoms with Crippen LogP contribution < -0.4 is 11.1 Å². The molecule has 8 nitrogen and oxygen atoms in total. The summed E-state index contributed by atoms with van der Waals surface area (Å²) in [4.78, 5) is 30.9. The van der Waals surface area contributed by atoms with Gasteiger partial charge in [-0.3, -0.25) is 19.2 Å². The molecule has 1 aliphatic heterocycles. The van der Waals surface area contributed by atoms with Gasteiger partial charge in [-0.1, -0.05) is 0 Å². The molecule has 0 radical (unpaired) electrons. The average Bonchev–Trinajstić information content (AvgIpc) is 3.42. The molecule has 2 amide bonds. The second kappa shape index (κ2) is 6.92. The predicted octanol–water partition coefficient (Wildman–Crippen LogP) is 0.834. The lowest BCUT2D eigenvalue weighted by Crippen LogP contribution is -2.46. The summed E-state index contributed by atoms with van der Waals surface area (Å²) in [5.41, 5.74) is 8.53. The molecule has 27 heavy (non-hydrogen) atoms. The molecule has 2 aromatic rings. The molecule has 0 spiro atoms. The number of carbonyl (C=O) groups is 2. The van der Waals surface area contributed by atoms with Gasteiger partial charge in [0.2, 0.25) is 5.91 Å². The largest absolute Gasteiger partial charge is 0.369 e. The Hall–Kier alpha value is -2.48. The minimum absolute atomic E-state index is 0.0613. The highest BCUT2D eigenvalue weighted by Crippen LogP contribution is 2.40. The number of carbonyl (C=O) groups excluding carboxylic acids is 2. The Bertz CT molecular complexity index is 893. The van der Waals surface area contributed by atoms with Crippen LogP contribution in [0.2, 0.25) is 0 Å². The van der Waals surface area contributed by atoms with E-state index in [2.05, 4.69) is 10.4 Å². The third-order valence-electron chi connectivity index (χ3n) is 5.53. The van der Waals surface area contributed by atoms with Crippen LogP contribution in [0.3, 0.4) is 0 Å². The highest BCUT2D eigenvalue weighted by atomic mass is 16.2. The molecule has 3 N–H and O–H groups in total. The van der Waals surface area contributed by atoms with E-state index in [1.807, 2.05) is 24.9 Å². The van der Waals surface area contributed by atoms with Gasteiger partial charge >= 0.3 is 0 Å². The lowest BCUT2D eigenvalue weighted by Gasteiger charge is -2.31. The number of nitrogens with zero attached hydrogens (tertiary/aromatic N) is 4. The fourth-order valence-corrected chi connectivity index (χ4v) is 3.95. The van der Waals surface area contributed by atoms with E-state index in [9.17, 15) is 9.59 Å². The molecule has 0 aromatic carbocycles. The number of aromatic nitrogens is 3. The van der Waals surface area contributed by atoms with E-state index in [-0.39, 0.29) is 24.4 Å². The first-order valence-corrected chi connectivity index (χ1v) is 9.58. The number of amides is 2. The van der Waals surface area contributed by atoms with Crippen molar-refractivity contribution in [3.63, 3.8) is 0 Å². The molecule has 2 aromatic heterocycles. The van der Waals surface area contributed by atoms with E-state index in [1.165, 1.54) is 0 Å². The van der Waals surface area contributed by atoms with Crippen molar-refractivity contribution in [2.75, 3.05) is 19.6 Å². The molecule has 2 fully saturated rings. The van der Waals surface area contributed by atoms with Gasteiger partial charge in [-0.05, 0) is 38.7 Å². The fraction of sp³-hybridized carbons (Fsp3) is 0.579. The topological polar surface area (TPSA) is 106 Å². The van der Waals surface area contributed by atoms with Crippen molar-refractivity contribution < 1.29 is 9.59 Å². The number of hydrogen-bond acceptors (Lipinski definition) is 5. The molecule has 0 bridgehead atoms. The average molecular weight is 370 g/mol. The Balaban J connectivity index is 1.53. The first-order valence-electron chi connectivity index (χ1n) is 9.58. The van der Waals surface area contributed by atoms with Crippen LogP contribution >= 0.6 is 0 Å². The molecule has 4 rings (SSSR count). The Morgan fingerprint density at radius 2 is 1.96 bits per heavy atom. The number of rotatable bonds is 5. The van der Waals surface area contributed by atoms with Gasteiger partial charge < -0.3 is 11.1 Å². The quantitative estimate of drug-likeness (QED) is 0.811. The molecule has 1 aliphatic carbocycles. The summed E-state index contributed by atoms with van der Waals surface area (Å²) >= 11 is 0. The van der Waals surface area contributed by atoms with Crippen molar-refractivity contribution in [2.45, 2.75) is 44.6 Å². The van der Waals surface area contributed by atoms with Crippen LogP contribution in [0, 0.1) is 6.92 Å². The van der Waals surface area contributed by atoms with Crippen LogP contribution in [0.5, 0.6) is 0 Å². The fourth-order valence-electron chi connectivity index (χ4n) is 3.95. The van der Waals surface area contributed by atoms with Gasteiger partial charge in [0.05, 0.1) is 23.2 Å². The number of piperidine rings is 1. The second-order valence-electron chi connectivity index (χ2n) is 7.77. The van der Waals surface area contributed by atoms with E-state index >= 15 is 0 Å².